The molecule has 0 spiro atoms. The molecule has 0 saturated heterocycles. The third kappa shape index (κ3) is 9.11. The molecule has 1 aromatic heterocycles. The van der Waals surface area contributed by atoms with Gasteiger partial charge in [0.05, 0.1) is 5.69 Å². The summed E-state index contributed by atoms with van der Waals surface area (Å²) in [6.07, 6.45) is 9.15. The highest BCUT2D eigenvalue weighted by Crippen LogP contribution is 2.21. The highest BCUT2D eigenvalue weighted by Gasteiger charge is 2.17. The molecule has 1 saturated carbocycles. The van der Waals surface area contributed by atoms with Crippen molar-refractivity contribution in [3.8, 4) is 0 Å². The second kappa shape index (κ2) is 14.2. The molecular formula is C21H41IN6. The number of aliphatic imine (C=N–C) groups is 1. The number of hydrogen-bond donors (Lipinski definition) is 2. The van der Waals surface area contributed by atoms with Gasteiger partial charge in [0.15, 0.2) is 5.96 Å². The summed E-state index contributed by atoms with van der Waals surface area (Å²) >= 11 is 0. The van der Waals surface area contributed by atoms with Crippen LogP contribution < -0.4 is 10.6 Å². The van der Waals surface area contributed by atoms with Gasteiger partial charge in [-0.3, -0.25) is 9.67 Å². The first kappa shape index (κ1) is 25.2. The SMILES string of the molecule is CCNC(=NCCCn1nc(C)cc1C)NCCCN(C)C1CCCCC1.I. The Bertz CT molecular complexity index is 565. The summed E-state index contributed by atoms with van der Waals surface area (Å²) in [7, 11) is 2.29. The van der Waals surface area contributed by atoms with Gasteiger partial charge >= 0.3 is 0 Å². The van der Waals surface area contributed by atoms with Crippen molar-refractivity contribution in [2.45, 2.75) is 78.3 Å². The number of halogens is 1. The molecule has 1 aliphatic carbocycles. The molecule has 2 N–H and O–H groups in total. The van der Waals surface area contributed by atoms with Gasteiger partial charge in [0, 0.05) is 37.9 Å². The fourth-order valence-corrected chi connectivity index (χ4v) is 3.89. The maximum absolute atomic E-state index is 4.71. The first-order valence-corrected chi connectivity index (χ1v) is 10.8. The Hall–Kier alpha value is -0.830. The number of nitrogens with zero attached hydrogens (tertiary/aromatic N) is 4. The molecule has 0 unspecified atom stereocenters. The first-order valence-electron chi connectivity index (χ1n) is 10.8. The summed E-state index contributed by atoms with van der Waals surface area (Å²) in [5, 5.41) is 11.3. The summed E-state index contributed by atoms with van der Waals surface area (Å²) in [5.41, 5.74) is 2.31. The Morgan fingerprint density at radius 2 is 1.96 bits per heavy atom. The molecule has 6 nitrogen and oxygen atoms in total. The summed E-state index contributed by atoms with van der Waals surface area (Å²) in [5.74, 6) is 0.936. The average molecular weight is 505 g/mol. The molecule has 0 amide bonds. The van der Waals surface area contributed by atoms with Crippen molar-refractivity contribution in [2.24, 2.45) is 4.99 Å². The van der Waals surface area contributed by atoms with Crippen molar-refractivity contribution in [2.75, 3.05) is 33.2 Å². The van der Waals surface area contributed by atoms with Crippen LogP contribution in [-0.4, -0.2) is 59.9 Å². The highest BCUT2D eigenvalue weighted by molar-refractivity contribution is 14.0. The third-order valence-electron chi connectivity index (χ3n) is 5.42. The number of rotatable bonds is 10. The predicted octanol–water partition coefficient (Wildman–Crippen LogP) is 3.72. The number of aryl methyl sites for hydroxylation is 3. The molecule has 2 rings (SSSR count). The standard InChI is InChI=1S/C21H40N6.HI/c1-5-22-21(24-14-10-16-27-19(3)17-18(2)25-27)23-13-9-15-26(4)20-11-7-6-8-12-20;/h17,20H,5-16H2,1-4H3,(H2,22,23,24);1H. The molecule has 1 heterocycles. The Morgan fingerprint density at radius 1 is 1.21 bits per heavy atom. The zero-order valence-electron chi connectivity index (χ0n) is 18.3. The van der Waals surface area contributed by atoms with Gasteiger partial charge < -0.3 is 15.5 Å². The van der Waals surface area contributed by atoms with Crippen molar-refractivity contribution >= 4 is 29.9 Å². The van der Waals surface area contributed by atoms with E-state index >= 15 is 0 Å². The van der Waals surface area contributed by atoms with Crippen LogP contribution in [0.15, 0.2) is 11.1 Å². The zero-order valence-corrected chi connectivity index (χ0v) is 20.7. The molecule has 0 aliphatic heterocycles. The van der Waals surface area contributed by atoms with Crippen molar-refractivity contribution in [3.05, 3.63) is 17.5 Å². The van der Waals surface area contributed by atoms with Gasteiger partial charge in [-0.15, -0.1) is 24.0 Å². The molecule has 1 fully saturated rings. The molecule has 1 aliphatic rings. The topological polar surface area (TPSA) is 57.5 Å². The Morgan fingerprint density at radius 3 is 2.61 bits per heavy atom. The van der Waals surface area contributed by atoms with Crippen molar-refractivity contribution in [1.82, 2.24) is 25.3 Å². The molecule has 1 aromatic rings. The molecule has 162 valence electrons. The molecule has 0 radical (unpaired) electrons. The predicted molar refractivity (Wildman–Crippen MR) is 130 cm³/mol. The van der Waals surface area contributed by atoms with Crippen LogP contribution in [-0.2, 0) is 6.54 Å². The quantitative estimate of drug-likeness (QED) is 0.221. The maximum Gasteiger partial charge on any atom is 0.191 e. The largest absolute Gasteiger partial charge is 0.357 e. The second-order valence-corrected chi connectivity index (χ2v) is 7.82. The number of hydrogen-bond acceptors (Lipinski definition) is 3. The van der Waals surface area contributed by atoms with Gasteiger partial charge in [-0.2, -0.15) is 5.10 Å². The molecular weight excluding hydrogens is 463 g/mol. The average Bonchev–Trinajstić information content (AvgIpc) is 2.99. The van der Waals surface area contributed by atoms with Crippen LogP contribution in [0.2, 0.25) is 0 Å². The van der Waals surface area contributed by atoms with E-state index in [2.05, 4.69) is 52.3 Å². The fraction of sp³-hybridized carbons (Fsp3) is 0.810. The summed E-state index contributed by atoms with van der Waals surface area (Å²) < 4.78 is 2.08. The van der Waals surface area contributed by atoms with Gasteiger partial charge in [0.25, 0.3) is 0 Å². The van der Waals surface area contributed by atoms with Gasteiger partial charge in [-0.05, 0) is 66.1 Å². The number of guanidine groups is 1. The van der Waals surface area contributed by atoms with Crippen LogP contribution in [0.4, 0.5) is 0 Å². The van der Waals surface area contributed by atoms with Crippen LogP contribution in [0.1, 0.15) is 63.3 Å². The second-order valence-electron chi connectivity index (χ2n) is 7.82. The number of aromatic nitrogens is 2. The first-order chi connectivity index (χ1) is 13.1. The van der Waals surface area contributed by atoms with Crippen molar-refractivity contribution < 1.29 is 0 Å². The summed E-state index contributed by atoms with van der Waals surface area (Å²) in [4.78, 5) is 7.27. The molecule has 28 heavy (non-hydrogen) atoms. The lowest BCUT2D eigenvalue weighted by molar-refractivity contribution is 0.190. The van der Waals surface area contributed by atoms with E-state index in [1.807, 2.05) is 6.92 Å². The lowest BCUT2D eigenvalue weighted by Crippen LogP contribution is -2.40. The third-order valence-corrected chi connectivity index (χ3v) is 5.42. The minimum atomic E-state index is 0. The van der Waals surface area contributed by atoms with Crippen LogP contribution in [0.25, 0.3) is 0 Å². The van der Waals surface area contributed by atoms with E-state index in [-0.39, 0.29) is 24.0 Å². The summed E-state index contributed by atoms with van der Waals surface area (Å²) in [6.45, 7) is 11.0. The van der Waals surface area contributed by atoms with Gasteiger partial charge in [-0.1, -0.05) is 19.3 Å². The lowest BCUT2D eigenvalue weighted by atomic mass is 9.94. The van der Waals surface area contributed by atoms with Crippen LogP contribution in [0.5, 0.6) is 0 Å². The molecule has 7 heteroatoms. The van der Waals surface area contributed by atoms with E-state index in [4.69, 9.17) is 4.99 Å². The minimum absolute atomic E-state index is 0. The molecule has 0 atom stereocenters. The van der Waals surface area contributed by atoms with Crippen molar-refractivity contribution in [3.63, 3.8) is 0 Å². The Kier molecular flexibility index (Phi) is 12.8. The van der Waals surface area contributed by atoms with E-state index in [1.54, 1.807) is 0 Å². The minimum Gasteiger partial charge on any atom is -0.357 e. The van der Waals surface area contributed by atoms with E-state index in [0.717, 1.165) is 63.3 Å². The van der Waals surface area contributed by atoms with Crippen LogP contribution in [0.3, 0.4) is 0 Å². The normalized spacial score (nSPS) is 15.5. The smallest absolute Gasteiger partial charge is 0.191 e. The Labute approximate surface area is 189 Å². The monoisotopic (exact) mass is 504 g/mol. The lowest BCUT2D eigenvalue weighted by Gasteiger charge is -2.31. The Balaban J connectivity index is 0.00000392. The van der Waals surface area contributed by atoms with E-state index in [0.29, 0.717) is 0 Å². The van der Waals surface area contributed by atoms with E-state index in [1.165, 1.54) is 37.8 Å². The van der Waals surface area contributed by atoms with Gasteiger partial charge in [0.2, 0.25) is 0 Å². The van der Waals surface area contributed by atoms with Crippen LogP contribution >= 0.6 is 24.0 Å². The maximum atomic E-state index is 4.71. The van der Waals surface area contributed by atoms with E-state index < -0.39 is 0 Å². The van der Waals surface area contributed by atoms with Crippen molar-refractivity contribution in [1.29, 1.82) is 0 Å². The highest BCUT2D eigenvalue weighted by atomic mass is 127. The summed E-state index contributed by atoms with van der Waals surface area (Å²) in [6, 6.07) is 2.93. The van der Waals surface area contributed by atoms with Gasteiger partial charge in [0.1, 0.15) is 0 Å². The fourth-order valence-electron chi connectivity index (χ4n) is 3.89. The van der Waals surface area contributed by atoms with Crippen LogP contribution in [0, 0.1) is 13.8 Å². The molecule has 0 aromatic carbocycles. The number of nitrogens with one attached hydrogen (secondary N) is 2. The van der Waals surface area contributed by atoms with E-state index in [9.17, 15) is 0 Å². The zero-order chi connectivity index (χ0) is 19.5. The molecule has 0 bridgehead atoms. The van der Waals surface area contributed by atoms with Gasteiger partial charge in [-0.25, -0.2) is 0 Å².